The monoisotopic (exact) mass is 342 g/mol. The smallest absolute Gasteiger partial charge is 0.417 e. The number of aryl methyl sites for hydroxylation is 1. The maximum atomic E-state index is 13.3. The fourth-order valence-corrected chi connectivity index (χ4v) is 4.36. The Hall–Kier alpha value is -2.00. The van der Waals surface area contributed by atoms with Crippen LogP contribution in [-0.4, -0.2) is 55.4 Å². The lowest BCUT2D eigenvalue weighted by atomic mass is 10.2. The van der Waals surface area contributed by atoms with Crippen LogP contribution in [0.4, 0.5) is 9.18 Å². The van der Waals surface area contributed by atoms with E-state index in [-0.39, 0.29) is 30.2 Å². The molecule has 2 fully saturated rings. The van der Waals surface area contributed by atoms with E-state index in [0.717, 1.165) is 11.0 Å². The molecule has 2 heterocycles. The van der Waals surface area contributed by atoms with Gasteiger partial charge in [0.15, 0.2) is 6.61 Å². The topological polar surface area (TPSA) is 84.0 Å². The van der Waals surface area contributed by atoms with Crippen LogP contribution in [0.3, 0.4) is 0 Å². The van der Waals surface area contributed by atoms with Gasteiger partial charge in [0.2, 0.25) is 10.0 Å². The molecule has 1 aromatic carbocycles. The number of imide groups is 1. The van der Waals surface area contributed by atoms with Crippen LogP contribution in [0.15, 0.2) is 23.1 Å². The zero-order valence-electron chi connectivity index (χ0n) is 12.4. The molecule has 0 aromatic heterocycles. The maximum Gasteiger partial charge on any atom is 0.417 e. The lowest BCUT2D eigenvalue weighted by Gasteiger charge is -2.20. The summed E-state index contributed by atoms with van der Waals surface area (Å²) in [6.07, 6.45) is -0.392. The van der Waals surface area contributed by atoms with Crippen molar-refractivity contribution in [2.75, 3.05) is 19.7 Å². The van der Waals surface area contributed by atoms with Gasteiger partial charge in [0.1, 0.15) is 5.82 Å². The van der Waals surface area contributed by atoms with Crippen molar-refractivity contribution in [3.05, 3.63) is 29.6 Å². The number of rotatable bonds is 3. The molecule has 23 heavy (non-hydrogen) atoms. The molecule has 0 saturated carbocycles. The third-order valence-corrected chi connectivity index (χ3v) is 5.90. The molecule has 124 valence electrons. The summed E-state index contributed by atoms with van der Waals surface area (Å²) in [6.45, 7) is 1.37. The highest BCUT2D eigenvalue weighted by atomic mass is 32.2. The van der Waals surface area contributed by atoms with Crippen LogP contribution in [0.25, 0.3) is 0 Å². The van der Waals surface area contributed by atoms with E-state index in [0.29, 0.717) is 6.42 Å². The number of hydrogen-bond donors (Lipinski definition) is 0. The first kappa shape index (κ1) is 15.9. The van der Waals surface area contributed by atoms with Gasteiger partial charge in [-0.1, -0.05) is 0 Å². The molecular weight excluding hydrogens is 327 g/mol. The predicted molar refractivity (Wildman–Crippen MR) is 76.5 cm³/mol. The highest BCUT2D eigenvalue weighted by Crippen LogP contribution is 2.26. The Morgan fingerprint density at radius 2 is 2.04 bits per heavy atom. The Labute approximate surface area is 132 Å². The minimum atomic E-state index is -3.80. The first-order chi connectivity index (χ1) is 10.8. The van der Waals surface area contributed by atoms with E-state index in [9.17, 15) is 22.4 Å². The molecule has 0 aliphatic carbocycles. The number of nitrogens with zero attached hydrogens (tertiary/aromatic N) is 2. The Kier molecular flexibility index (Phi) is 3.85. The van der Waals surface area contributed by atoms with Crippen molar-refractivity contribution in [1.82, 2.24) is 9.21 Å². The van der Waals surface area contributed by atoms with Crippen LogP contribution in [0, 0.1) is 12.7 Å². The molecule has 0 unspecified atom stereocenters. The minimum Gasteiger partial charge on any atom is -0.439 e. The van der Waals surface area contributed by atoms with Crippen LogP contribution in [0.5, 0.6) is 0 Å². The molecule has 0 spiro atoms. The summed E-state index contributed by atoms with van der Waals surface area (Å²) in [5.41, 5.74) is 0.236. The van der Waals surface area contributed by atoms with Gasteiger partial charge < -0.3 is 4.74 Å². The molecular formula is C14H15FN2O5S. The van der Waals surface area contributed by atoms with E-state index in [1.54, 1.807) is 0 Å². The summed E-state index contributed by atoms with van der Waals surface area (Å²) < 4.78 is 44.4. The normalized spacial score (nSPS) is 22.7. The number of halogens is 1. The van der Waals surface area contributed by atoms with Gasteiger partial charge >= 0.3 is 6.09 Å². The molecule has 2 saturated heterocycles. The van der Waals surface area contributed by atoms with Crippen LogP contribution in [0.1, 0.15) is 12.0 Å². The second kappa shape index (κ2) is 5.57. The van der Waals surface area contributed by atoms with Crippen molar-refractivity contribution in [2.45, 2.75) is 24.3 Å². The summed E-state index contributed by atoms with van der Waals surface area (Å²) in [7, 11) is -3.80. The van der Waals surface area contributed by atoms with Crippen molar-refractivity contribution in [1.29, 1.82) is 0 Å². The van der Waals surface area contributed by atoms with Crippen LogP contribution in [0.2, 0.25) is 0 Å². The van der Waals surface area contributed by atoms with Crippen molar-refractivity contribution in [3.8, 4) is 0 Å². The molecule has 3 rings (SSSR count). The van der Waals surface area contributed by atoms with Crippen molar-refractivity contribution in [2.24, 2.45) is 0 Å². The van der Waals surface area contributed by atoms with E-state index in [2.05, 4.69) is 4.74 Å². The maximum absolute atomic E-state index is 13.3. The van der Waals surface area contributed by atoms with Gasteiger partial charge in [0, 0.05) is 13.1 Å². The summed E-state index contributed by atoms with van der Waals surface area (Å²) in [5.74, 6) is -0.939. The molecule has 1 atom stereocenters. The Bertz CT molecular complexity index is 763. The molecule has 7 nitrogen and oxygen atoms in total. The Morgan fingerprint density at radius 3 is 2.65 bits per heavy atom. The zero-order chi connectivity index (χ0) is 16.8. The van der Waals surface area contributed by atoms with E-state index >= 15 is 0 Å². The molecule has 0 radical (unpaired) electrons. The summed E-state index contributed by atoms with van der Waals surface area (Å²) in [5, 5.41) is 0. The van der Waals surface area contributed by atoms with Gasteiger partial charge in [-0.25, -0.2) is 22.5 Å². The van der Waals surface area contributed by atoms with Crippen molar-refractivity contribution >= 4 is 22.0 Å². The summed E-state index contributed by atoms with van der Waals surface area (Å²) in [6, 6.07) is 3.05. The third kappa shape index (κ3) is 2.70. The molecule has 2 aliphatic heterocycles. The standard InChI is InChI=1S/C14H15FN2O5S/c1-9-6-11(2-3-12(9)15)23(20,21)16-5-4-10(7-16)17-13(18)8-22-14(17)19/h2-3,6,10H,4-5,7-8H2,1H3/t10-/m0/s1. The largest absolute Gasteiger partial charge is 0.439 e. The van der Waals surface area contributed by atoms with E-state index < -0.39 is 33.9 Å². The van der Waals surface area contributed by atoms with Gasteiger partial charge in [-0.05, 0) is 37.1 Å². The highest BCUT2D eigenvalue weighted by molar-refractivity contribution is 7.89. The number of carbonyl (C=O) groups excluding carboxylic acids is 2. The number of ether oxygens (including phenoxy) is 1. The number of benzene rings is 1. The molecule has 1 aromatic rings. The average Bonchev–Trinajstić information content (AvgIpc) is 3.09. The number of cyclic esters (lactones) is 1. The van der Waals surface area contributed by atoms with Crippen molar-refractivity contribution in [3.63, 3.8) is 0 Å². The molecule has 0 bridgehead atoms. The summed E-state index contributed by atoms with van der Waals surface area (Å²) in [4.78, 5) is 24.2. The van der Waals surface area contributed by atoms with Crippen LogP contribution < -0.4 is 0 Å². The number of hydrogen-bond acceptors (Lipinski definition) is 5. The fraction of sp³-hybridized carbons (Fsp3) is 0.429. The lowest BCUT2D eigenvalue weighted by Crippen LogP contribution is -2.42. The van der Waals surface area contributed by atoms with Crippen LogP contribution >= 0.6 is 0 Å². The third-order valence-electron chi connectivity index (χ3n) is 4.04. The van der Waals surface area contributed by atoms with Crippen molar-refractivity contribution < 1.29 is 27.1 Å². The van der Waals surface area contributed by atoms with Gasteiger partial charge in [0.05, 0.1) is 10.9 Å². The number of carbonyl (C=O) groups is 2. The molecule has 2 amide bonds. The number of amides is 2. The second-order valence-electron chi connectivity index (χ2n) is 5.53. The second-order valence-corrected chi connectivity index (χ2v) is 7.47. The van der Waals surface area contributed by atoms with Gasteiger partial charge in [-0.3, -0.25) is 4.79 Å². The minimum absolute atomic E-state index is 0.00706. The number of sulfonamides is 1. The van der Waals surface area contributed by atoms with E-state index in [1.807, 2.05) is 0 Å². The van der Waals surface area contributed by atoms with Crippen LogP contribution in [-0.2, 0) is 19.6 Å². The first-order valence-corrected chi connectivity index (χ1v) is 8.50. The van der Waals surface area contributed by atoms with Gasteiger partial charge in [0.25, 0.3) is 5.91 Å². The zero-order valence-corrected chi connectivity index (χ0v) is 13.2. The average molecular weight is 342 g/mol. The van der Waals surface area contributed by atoms with E-state index in [1.165, 1.54) is 23.4 Å². The Balaban J connectivity index is 1.81. The lowest BCUT2D eigenvalue weighted by molar-refractivity contribution is -0.127. The fourth-order valence-electron chi connectivity index (χ4n) is 2.78. The molecule has 9 heteroatoms. The SMILES string of the molecule is Cc1cc(S(=O)(=O)N2CC[C@H](N3C(=O)COC3=O)C2)ccc1F. The molecule has 0 N–H and O–H groups in total. The highest BCUT2D eigenvalue weighted by Gasteiger charge is 2.43. The summed E-state index contributed by atoms with van der Waals surface area (Å²) >= 11 is 0. The van der Waals surface area contributed by atoms with Gasteiger partial charge in [-0.15, -0.1) is 0 Å². The Morgan fingerprint density at radius 1 is 1.30 bits per heavy atom. The molecule has 2 aliphatic rings. The van der Waals surface area contributed by atoms with Gasteiger partial charge in [-0.2, -0.15) is 4.31 Å². The van der Waals surface area contributed by atoms with E-state index in [4.69, 9.17) is 0 Å². The quantitative estimate of drug-likeness (QED) is 0.814. The predicted octanol–water partition coefficient (Wildman–Crippen LogP) is 0.876. The first-order valence-electron chi connectivity index (χ1n) is 7.06.